The molecule has 3 heterocycles. The third-order valence-electron chi connectivity index (χ3n) is 5.33. The molecule has 0 atom stereocenters. The number of halogens is 3. The summed E-state index contributed by atoms with van der Waals surface area (Å²) in [5.41, 5.74) is -2.50. The van der Waals surface area contributed by atoms with Gasteiger partial charge in [0.25, 0.3) is 5.56 Å². The van der Waals surface area contributed by atoms with Gasteiger partial charge in [0, 0.05) is 36.5 Å². The van der Waals surface area contributed by atoms with Gasteiger partial charge in [-0.05, 0) is 17.5 Å². The van der Waals surface area contributed by atoms with Gasteiger partial charge in [0.1, 0.15) is 9.73 Å². The van der Waals surface area contributed by atoms with Gasteiger partial charge in [0.15, 0.2) is 0 Å². The molecule has 0 radical (unpaired) electrons. The Bertz CT molecular complexity index is 1630. The number of rotatable bonds is 6. The van der Waals surface area contributed by atoms with Gasteiger partial charge in [-0.2, -0.15) is 13.2 Å². The number of thiazole rings is 1. The molecule has 0 bridgehead atoms. The maximum absolute atomic E-state index is 13.7. The molecular weight excluding hydrogens is 523 g/mol. The summed E-state index contributed by atoms with van der Waals surface area (Å²) in [4.78, 5) is 29.7. The first-order valence-corrected chi connectivity index (χ1v) is 13.6. The van der Waals surface area contributed by atoms with Crippen LogP contribution in [0.3, 0.4) is 0 Å². The molecule has 0 aliphatic rings. The molecule has 7 nitrogen and oxygen atoms in total. The molecule has 3 aromatic heterocycles. The first-order valence-electron chi connectivity index (χ1n) is 10.4. The summed E-state index contributed by atoms with van der Waals surface area (Å²) in [5, 5.41) is 1.24. The normalized spacial score (nSPS) is 12.7. The van der Waals surface area contributed by atoms with Crippen LogP contribution in [0, 0.1) is 5.92 Å². The van der Waals surface area contributed by atoms with E-state index in [1.807, 2.05) is 13.8 Å². The zero-order valence-electron chi connectivity index (χ0n) is 18.8. The fourth-order valence-corrected chi connectivity index (χ4v) is 8.04. The van der Waals surface area contributed by atoms with E-state index in [-0.39, 0.29) is 37.5 Å². The molecule has 0 saturated carbocycles. The van der Waals surface area contributed by atoms with Crippen molar-refractivity contribution >= 4 is 42.7 Å². The van der Waals surface area contributed by atoms with E-state index in [4.69, 9.17) is 0 Å². The summed E-state index contributed by atoms with van der Waals surface area (Å²) in [6.07, 6.45) is -3.76. The second-order valence-corrected chi connectivity index (χ2v) is 12.4. The quantitative estimate of drug-likeness (QED) is 0.361. The molecule has 0 N–H and O–H groups in total. The Hall–Kier alpha value is -2.77. The summed E-state index contributed by atoms with van der Waals surface area (Å²) in [6, 6.07) is 4.87. The highest BCUT2D eigenvalue weighted by molar-refractivity contribution is 7.93. The third-order valence-corrected chi connectivity index (χ3v) is 9.73. The molecule has 13 heteroatoms. The Kier molecular flexibility index (Phi) is 6.53. The van der Waals surface area contributed by atoms with Gasteiger partial charge in [-0.3, -0.25) is 13.9 Å². The average Bonchev–Trinajstić information content (AvgIpc) is 3.44. The summed E-state index contributed by atoms with van der Waals surface area (Å²) in [5.74, 6) is -0.0241. The largest absolute Gasteiger partial charge is 0.416 e. The molecule has 0 spiro atoms. The average molecular weight is 544 g/mol. The van der Waals surface area contributed by atoms with E-state index < -0.39 is 44.1 Å². The van der Waals surface area contributed by atoms with Crippen molar-refractivity contribution in [3.63, 3.8) is 0 Å². The lowest BCUT2D eigenvalue weighted by molar-refractivity contribution is -0.138. The Balaban J connectivity index is 2.12. The Labute approximate surface area is 206 Å². The molecule has 0 fully saturated rings. The highest BCUT2D eigenvalue weighted by atomic mass is 32.2. The summed E-state index contributed by atoms with van der Waals surface area (Å²) < 4.78 is 70.1. The third kappa shape index (κ3) is 4.47. The first kappa shape index (κ1) is 25.3. The smallest absolute Gasteiger partial charge is 0.284 e. The van der Waals surface area contributed by atoms with Gasteiger partial charge >= 0.3 is 11.9 Å². The van der Waals surface area contributed by atoms with E-state index >= 15 is 0 Å². The number of hydrogen-bond acceptors (Lipinski definition) is 7. The highest BCUT2D eigenvalue weighted by Crippen LogP contribution is 2.40. The molecule has 4 rings (SSSR count). The minimum Gasteiger partial charge on any atom is -0.284 e. The van der Waals surface area contributed by atoms with E-state index in [0.717, 1.165) is 33.3 Å². The minimum absolute atomic E-state index is 0.0241. The topological polar surface area (TPSA) is 91.0 Å². The number of nitrogens with zero attached hydrogens (tertiary/aromatic N) is 3. The predicted octanol–water partition coefficient (Wildman–Crippen LogP) is 4.32. The molecule has 0 saturated heterocycles. The molecule has 0 amide bonds. The fraction of sp³-hybridized carbons (Fsp3) is 0.318. The van der Waals surface area contributed by atoms with Gasteiger partial charge in [-0.1, -0.05) is 32.0 Å². The van der Waals surface area contributed by atoms with Crippen LogP contribution in [0.4, 0.5) is 13.2 Å². The Morgan fingerprint density at radius 2 is 1.83 bits per heavy atom. The van der Waals surface area contributed by atoms with E-state index in [1.54, 1.807) is 0 Å². The number of thiophene rings is 1. The number of benzene rings is 1. The van der Waals surface area contributed by atoms with Gasteiger partial charge in [-0.15, -0.1) is 22.7 Å². The van der Waals surface area contributed by atoms with Gasteiger partial charge in [0.2, 0.25) is 14.2 Å². The predicted molar refractivity (Wildman–Crippen MR) is 128 cm³/mol. The molecule has 4 aromatic rings. The fourth-order valence-electron chi connectivity index (χ4n) is 3.83. The molecule has 0 unspecified atom stereocenters. The van der Waals surface area contributed by atoms with E-state index in [9.17, 15) is 31.2 Å². The number of aromatic nitrogens is 3. The molecule has 35 heavy (non-hydrogen) atoms. The van der Waals surface area contributed by atoms with Crippen LogP contribution in [-0.4, -0.2) is 22.5 Å². The molecule has 0 aliphatic heterocycles. The van der Waals surface area contributed by atoms with Crippen LogP contribution in [0.25, 0.3) is 10.2 Å². The first-order chi connectivity index (χ1) is 16.3. The van der Waals surface area contributed by atoms with E-state index in [2.05, 4.69) is 4.98 Å². The lowest BCUT2D eigenvalue weighted by Gasteiger charge is -2.12. The van der Waals surface area contributed by atoms with Crippen molar-refractivity contribution in [2.24, 2.45) is 13.0 Å². The van der Waals surface area contributed by atoms with Crippen LogP contribution in [-0.2, 0) is 36.0 Å². The molecule has 1 aromatic carbocycles. The zero-order chi connectivity index (χ0) is 25.7. The van der Waals surface area contributed by atoms with Crippen LogP contribution >= 0.6 is 22.7 Å². The second kappa shape index (κ2) is 9.03. The SMILES string of the molecule is CC(C)Cn1c(=O)n(C)c(=O)c2c(S(=O)(=O)c3nccs3)c(Cc3ccccc3C(F)(F)F)sc21. The summed E-state index contributed by atoms with van der Waals surface area (Å²) in [7, 11) is -3.12. The maximum Gasteiger partial charge on any atom is 0.416 e. The molecular formula is C22H20F3N3O4S3. The number of sulfone groups is 1. The standard InChI is InChI=1S/C22H20F3N3O4S3/c1-12(2)11-28-19-16(18(29)27(3)21(28)30)17(35(31,32)20-26-8-9-33-20)15(34-19)10-13-6-4-5-7-14(13)22(23,24)25/h4-9,12H,10-11H2,1-3H3. The van der Waals surface area contributed by atoms with Crippen molar-refractivity contribution in [2.45, 2.75) is 42.2 Å². The van der Waals surface area contributed by atoms with Gasteiger partial charge < -0.3 is 0 Å². The number of hydrogen-bond donors (Lipinski definition) is 0. The van der Waals surface area contributed by atoms with Crippen molar-refractivity contribution in [3.8, 4) is 0 Å². The van der Waals surface area contributed by atoms with Crippen molar-refractivity contribution in [3.05, 3.63) is 72.7 Å². The van der Waals surface area contributed by atoms with Crippen LogP contribution in [0.2, 0.25) is 0 Å². The lowest BCUT2D eigenvalue weighted by atomic mass is 10.0. The van der Waals surface area contributed by atoms with Gasteiger partial charge in [-0.25, -0.2) is 18.2 Å². The monoisotopic (exact) mass is 543 g/mol. The maximum atomic E-state index is 13.7. The Morgan fingerprint density at radius 1 is 1.14 bits per heavy atom. The number of alkyl halides is 3. The van der Waals surface area contributed by atoms with Crippen LogP contribution in [0.15, 0.2) is 54.7 Å². The highest BCUT2D eigenvalue weighted by Gasteiger charge is 2.36. The van der Waals surface area contributed by atoms with Crippen LogP contribution in [0.5, 0.6) is 0 Å². The number of fused-ring (bicyclic) bond motifs is 1. The van der Waals surface area contributed by atoms with Gasteiger partial charge in [0.05, 0.1) is 10.9 Å². The van der Waals surface area contributed by atoms with Crippen molar-refractivity contribution in [2.75, 3.05) is 0 Å². The van der Waals surface area contributed by atoms with Crippen LogP contribution in [0.1, 0.15) is 29.9 Å². The van der Waals surface area contributed by atoms with Crippen molar-refractivity contribution in [1.29, 1.82) is 0 Å². The van der Waals surface area contributed by atoms with E-state index in [0.29, 0.717) is 0 Å². The second-order valence-electron chi connectivity index (χ2n) is 8.32. The van der Waals surface area contributed by atoms with Crippen molar-refractivity contribution in [1.82, 2.24) is 14.1 Å². The minimum atomic E-state index is -4.66. The lowest BCUT2D eigenvalue weighted by Crippen LogP contribution is -2.38. The zero-order valence-corrected chi connectivity index (χ0v) is 21.2. The van der Waals surface area contributed by atoms with Crippen LogP contribution < -0.4 is 11.2 Å². The van der Waals surface area contributed by atoms with E-state index in [1.165, 1.54) is 41.4 Å². The molecule has 186 valence electrons. The Morgan fingerprint density at radius 3 is 2.43 bits per heavy atom. The molecule has 0 aliphatic carbocycles. The van der Waals surface area contributed by atoms with Crippen molar-refractivity contribution < 1.29 is 21.6 Å². The summed E-state index contributed by atoms with van der Waals surface area (Å²) in [6.45, 7) is 3.90. The summed E-state index contributed by atoms with van der Waals surface area (Å²) >= 11 is 1.68.